The Kier molecular flexibility index (Phi) is 2.03. The van der Waals surface area contributed by atoms with Crippen LogP contribution < -0.4 is 5.56 Å². The molecule has 2 rings (SSSR count). The molecule has 0 spiro atoms. The van der Waals surface area contributed by atoms with E-state index in [4.69, 9.17) is 0 Å². The van der Waals surface area contributed by atoms with Crippen LogP contribution in [0.4, 0.5) is 8.78 Å². The van der Waals surface area contributed by atoms with E-state index in [2.05, 4.69) is 4.98 Å². The number of fused-ring (bicyclic) bond motifs is 1. The Morgan fingerprint density at radius 2 is 2.00 bits per heavy atom. The molecular weight excluding hydrogens is 202 g/mol. The van der Waals surface area contributed by atoms with Gasteiger partial charge in [-0.05, 0) is 13.0 Å². The maximum absolute atomic E-state index is 13.3. The summed E-state index contributed by atoms with van der Waals surface area (Å²) in [4.78, 5) is 15.5. The molecule has 5 heteroatoms. The zero-order valence-electron chi connectivity index (χ0n) is 8.21. The van der Waals surface area contributed by atoms with Crippen LogP contribution in [0, 0.1) is 18.6 Å². The van der Waals surface area contributed by atoms with Crippen molar-refractivity contribution in [2.24, 2.45) is 7.05 Å². The van der Waals surface area contributed by atoms with Crippen molar-refractivity contribution in [3.8, 4) is 0 Å². The van der Waals surface area contributed by atoms with Crippen LogP contribution in [0.3, 0.4) is 0 Å². The van der Waals surface area contributed by atoms with Crippen LogP contribution in [0.1, 0.15) is 5.82 Å². The number of aromatic nitrogens is 2. The van der Waals surface area contributed by atoms with Crippen molar-refractivity contribution in [1.29, 1.82) is 0 Å². The maximum atomic E-state index is 13.3. The molecule has 0 aliphatic carbocycles. The molecule has 0 radical (unpaired) electrons. The van der Waals surface area contributed by atoms with Gasteiger partial charge in [0.2, 0.25) is 0 Å². The lowest BCUT2D eigenvalue weighted by Gasteiger charge is -2.05. The fraction of sp³-hybridized carbons (Fsp3) is 0.200. The molecule has 0 atom stereocenters. The molecule has 1 aromatic carbocycles. The molecule has 1 aromatic heterocycles. The summed E-state index contributed by atoms with van der Waals surface area (Å²) in [5, 5.41) is -0.0411. The van der Waals surface area contributed by atoms with Gasteiger partial charge in [-0.15, -0.1) is 0 Å². The van der Waals surface area contributed by atoms with Crippen molar-refractivity contribution in [1.82, 2.24) is 9.55 Å². The lowest BCUT2D eigenvalue weighted by molar-refractivity contribution is 0.588. The monoisotopic (exact) mass is 210 g/mol. The number of rotatable bonds is 0. The molecule has 0 aliphatic heterocycles. The number of hydrogen-bond acceptors (Lipinski definition) is 2. The van der Waals surface area contributed by atoms with Crippen molar-refractivity contribution < 1.29 is 8.78 Å². The second-order valence-electron chi connectivity index (χ2n) is 3.31. The molecule has 0 amide bonds. The van der Waals surface area contributed by atoms with Crippen molar-refractivity contribution in [2.45, 2.75) is 6.92 Å². The minimum absolute atomic E-state index is 0.0411. The van der Waals surface area contributed by atoms with Crippen LogP contribution >= 0.6 is 0 Å². The summed E-state index contributed by atoms with van der Waals surface area (Å²) in [5.41, 5.74) is -0.534. The van der Waals surface area contributed by atoms with Crippen LogP contribution in [-0.4, -0.2) is 9.55 Å². The Balaban J connectivity index is 3.06. The lowest BCUT2D eigenvalue weighted by atomic mass is 10.2. The van der Waals surface area contributed by atoms with Gasteiger partial charge in [-0.1, -0.05) is 0 Å². The van der Waals surface area contributed by atoms with Gasteiger partial charge in [0.05, 0.1) is 5.39 Å². The molecule has 2 aromatic rings. The van der Waals surface area contributed by atoms with E-state index in [1.165, 1.54) is 11.6 Å². The third-order valence-corrected chi connectivity index (χ3v) is 2.32. The number of aryl methyl sites for hydroxylation is 1. The standard InChI is InChI=1S/C10H8F2N2O/c1-5-13-9-7(10(15)14(5)2)3-6(11)4-8(9)12/h3-4H,1-2H3. The molecule has 15 heavy (non-hydrogen) atoms. The average Bonchev–Trinajstić information content (AvgIpc) is 2.17. The molecule has 3 nitrogen and oxygen atoms in total. The van der Waals surface area contributed by atoms with Gasteiger partial charge in [0.15, 0.2) is 5.82 Å². The van der Waals surface area contributed by atoms with E-state index in [0.717, 1.165) is 6.07 Å². The van der Waals surface area contributed by atoms with Crippen molar-refractivity contribution in [3.05, 3.63) is 39.9 Å². The third-order valence-electron chi connectivity index (χ3n) is 2.32. The predicted octanol–water partition coefficient (Wildman–Crippen LogP) is 1.52. The Morgan fingerprint density at radius 1 is 1.33 bits per heavy atom. The first-order valence-electron chi connectivity index (χ1n) is 4.33. The normalized spacial score (nSPS) is 10.9. The molecule has 0 unspecified atom stereocenters. The smallest absolute Gasteiger partial charge is 0.261 e. The van der Waals surface area contributed by atoms with Crippen molar-refractivity contribution in [2.75, 3.05) is 0 Å². The summed E-state index contributed by atoms with van der Waals surface area (Å²) in [5.74, 6) is -1.20. The second-order valence-corrected chi connectivity index (χ2v) is 3.31. The number of nitrogens with zero attached hydrogens (tertiary/aromatic N) is 2. The first kappa shape index (κ1) is 9.76. The minimum Gasteiger partial charge on any atom is -0.299 e. The fourth-order valence-electron chi connectivity index (χ4n) is 1.41. The maximum Gasteiger partial charge on any atom is 0.261 e. The zero-order chi connectivity index (χ0) is 11.2. The first-order valence-corrected chi connectivity index (χ1v) is 4.33. The van der Waals surface area contributed by atoms with Gasteiger partial charge >= 0.3 is 0 Å². The molecule has 0 saturated carbocycles. The summed E-state index contributed by atoms with van der Waals surface area (Å²) in [6, 6.07) is 1.71. The molecule has 1 heterocycles. The summed E-state index contributed by atoms with van der Waals surface area (Å²) in [6.45, 7) is 1.59. The van der Waals surface area contributed by atoms with Crippen LogP contribution in [0.2, 0.25) is 0 Å². The molecule has 0 fully saturated rings. The van der Waals surface area contributed by atoms with E-state index >= 15 is 0 Å². The van der Waals surface area contributed by atoms with E-state index in [1.54, 1.807) is 6.92 Å². The van der Waals surface area contributed by atoms with Crippen LogP contribution in [0.15, 0.2) is 16.9 Å². The van der Waals surface area contributed by atoms with E-state index in [1.807, 2.05) is 0 Å². The molecule has 78 valence electrons. The van der Waals surface area contributed by atoms with E-state index < -0.39 is 17.2 Å². The van der Waals surface area contributed by atoms with Crippen LogP contribution in [-0.2, 0) is 7.05 Å². The van der Waals surface area contributed by atoms with Gasteiger partial charge in [-0.25, -0.2) is 13.8 Å². The summed E-state index contributed by atoms with van der Waals surface area (Å²) < 4.78 is 27.4. The quantitative estimate of drug-likeness (QED) is 0.660. The largest absolute Gasteiger partial charge is 0.299 e. The Labute approximate surface area is 84.0 Å². The Bertz CT molecular complexity index is 604. The second kappa shape index (κ2) is 3.12. The van der Waals surface area contributed by atoms with E-state index in [-0.39, 0.29) is 10.9 Å². The summed E-state index contributed by atoms with van der Waals surface area (Å²) in [7, 11) is 1.51. The highest BCUT2D eigenvalue weighted by atomic mass is 19.1. The van der Waals surface area contributed by atoms with Gasteiger partial charge in [-0.2, -0.15) is 0 Å². The highest BCUT2D eigenvalue weighted by Gasteiger charge is 2.11. The number of hydrogen-bond donors (Lipinski definition) is 0. The van der Waals surface area contributed by atoms with Crippen molar-refractivity contribution >= 4 is 10.9 Å². The fourth-order valence-corrected chi connectivity index (χ4v) is 1.41. The lowest BCUT2D eigenvalue weighted by Crippen LogP contribution is -2.21. The Hall–Kier alpha value is -1.78. The van der Waals surface area contributed by atoms with Gasteiger partial charge in [-0.3, -0.25) is 9.36 Å². The molecule has 0 N–H and O–H groups in total. The highest BCUT2D eigenvalue weighted by Crippen LogP contribution is 2.14. The zero-order valence-corrected chi connectivity index (χ0v) is 8.21. The molecule has 0 aliphatic rings. The van der Waals surface area contributed by atoms with Crippen LogP contribution in [0.25, 0.3) is 10.9 Å². The van der Waals surface area contributed by atoms with Gasteiger partial charge in [0.1, 0.15) is 17.2 Å². The topological polar surface area (TPSA) is 34.9 Å². The summed E-state index contributed by atoms with van der Waals surface area (Å²) in [6.07, 6.45) is 0. The number of benzene rings is 1. The average molecular weight is 210 g/mol. The molecular formula is C10H8F2N2O. The molecule has 0 bridgehead atoms. The van der Waals surface area contributed by atoms with E-state index in [0.29, 0.717) is 11.9 Å². The first-order chi connectivity index (χ1) is 7.00. The van der Waals surface area contributed by atoms with E-state index in [9.17, 15) is 13.6 Å². The SMILES string of the molecule is Cc1nc2c(F)cc(F)cc2c(=O)n1C. The van der Waals surface area contributed by atoms with Crippen molar-refractivity contribution in [3.63, 3.8) is 0 Å². The number of halogens is 2. The molecule has 0 saturated heterocycles. The van der Waals surface area contributed by atoms with Gasteiger partial charge in [0.25, 0.3) is 5.56 Å². The summed E-state index contributed by atoms with van der Waals surface area (Å²) >= 11 is 0. The third kappa shape index (κ3) is 1.40. The Morgan fingerprint density at radius 3 is 2.67 bits per heavy atom. The minimum atomic E-state index is -0.814. The van der Waals surface area contributed by atoms with Crippen LogP contribution in [0.5, 0.6) is 0 Å². The van der Waals surface area contributed by atoms with Gasteiger partial charge < -0.3 is 0 Å². The van der Waals surface area contributed by atoms with Gasteiger partial charge in [0, 0.05) is 13.1 Å². The predicted molar refractivity (Wildman–Crippen MR) is 51.6 cm³/mol. The highest BCUT2D eigenvalue weighted by molar-refractivity contribution is 5.78.